The van der Waals surface area contributed by atoms with Crippen LogP contribution in [0, 0.1) is 0 Å². The second kappa shape index (κ2) is 45.4. The van der Waals surface area contributed by atoms with E-state index in [0.29, 0.717) is 12.8 Å². The summed E-state index contributed by atoms with van der Waals surface area (Å²) in [7, 11) is 0. The fourth-order valence-corrected chi connectivity index (χ4v) is 8.00. The van der Waals surface area contributed by atoms with Gasteiger partial charge in [-0.2, -0.15) is 0 Å². The third kappa shape index (κ3) is 36.4. The fourth-order valence-electron chi connectivity index (χ4n) is 8.00. The number of rotatable bonds is 45. The fraction of sp³-hybridized carbons (Fsp3) is 0.818. The molecule has 0 radical (unpaired) electrons. The van der Waals surface area contributed by atoms with Gasteiger partial charge < -0.3 is 39.4 Å². The molecular weight excluding hydrogens is 821 g/mol. The van der Waals surface area contributed by atoms with Crippen molar-refractivity contribution < 1.29 is 49.0 Å². The van der Waals surface area contributed by atoms with Gasteiger partial charge in [-0.15, -0.1) is 0 Å². The molecule has 10 nitrogen and oxygen atoms in total. The smallest absolute Gasteiger partial charge is 0.306 e. The molecule has 0 saturated carbocycles. The van der Waals surface area contributed by atoms with E-state index in [0.717, 1.165) is 57.8 Å². The van der Waals surface area contributed by atoms with Gasteiger partial charge in [-0.25, -0.2) is 0 Å². The number of esters is 2. The van der Waals surface area contributed by atoms with E-state index in [2.05, 4.69) is 62.5 Å². The van der Waals surface area contributed by atoms with Crippen LogP contribution in [0.2, 0.25) is 0 Å². The quantitative estimate of drug-likeness (QED) is 0.0264. The van der Waals surface area contributed by atoms with Crippen LogP contribution in [0.15, 0.2) is 48.6 Å². The van der Waals surface area contributed by atoms with Gasteiger partial charge in [-0.1, -0.05) is 210 Å². The molecule has 378 valence electrons. The second-order valence-corrected chi connectivity index (χ2v) is 18.3. The van der Waals surface area contributed by atoms with Gasteiger partial charge in [0.15, 0.2) is 12.4 Å². The molecule has 65 heavy (non-hydrogen) atoms. The molecule has 1 aliphatic rings. The van der Waals surface area contributed by atoms with Crippen LogP contribution in [0.5, 0.6) is 0 Å². The Kier molecular flexibility index (Phi) is 42.4. The standard InChI is InChI=1S/C55H98O10/c1-3-5-7-9-11-13-15-17-19-21-23-24-26-28-30-32-34-36-38-40-42-44-51(58)64-48(47-63-55-54(61)53(60)52(59)49(45-56)65-55)46-62-50(57)43-41-39-37-35-33-31-29-27-25-22-20-18-16-14-12-10-8-6-4-2/h12,14,18,20,25,27,31,33,48-49,52-56,59-61H,3-11,13,15-17,19,21-24,26,28-30,32,34-47H2,1-2H3/b14-12+,20-18+,27-25+,33-31+/t48-,49-,52+,53?,54?,55-/m1/s1. The van der Waals surface area contributed by atoms with Crippen LogP contribution in [0.1, 0.15) is 232 Å². The largest absolute Gasteiger partial charge is 0.462 e. The Hall–Kier alpha value is -2.34. The molecule has 1 fully saturated rings. The first-order valence-electron chi connectivity index (χ1n) is 26.7. The summed E-state index contributed by atoms with van der Waals surface area (Å²) in [5, 5.41) is 40.2. The molecule has 0 aromatic carbocycles. The van der Waals surface area contributed by atoms with Crippen LogP contribution >= 0.6 is 0 Å². The minimum Gasteiger partial charge on any atom is -0.462 e. The summed E-state index contributed by atoms with van der Waals surface area (Å²) >= 11 is 0. The molecule has 6 atom stereocenters. The van der Waals surface area contributed by atoms with Crippen molar-refractivity contribution in [2.45, 2.75) is 269 Å². The molecule has 0 bridgehead atoms. The molecular formula is C55H98O10. The monoisotopic (exact) mass is 919 g/mol. The number of carbonyl (C=O) groups excluding carboxylic acids is 2. The van der Waals surface area contributed by atoms with E-state index in [1.807, 2.05) is 0 Å². The van der Waals surface area contributed by atoms with Gasteiger partial charge in [0.2, 0.25) is 0 Å². The summed E-state index contributed by atoms with van der Waals surface area (Å²) in [6, 6.07) is 0. The third-order valence-corrected chi connectivity index (χ3v) is 12.2. The zero-order valence-electron chi connectivity index (χ0n) is 41.5. The van der Waals surface area contributed by atoms with Crippen molar-refractivity contribution in [1.82, 2.24) is 0 Å². The number of carbonyl (C=O) groups is 2. The first-order chi connectivity index (χ1) is 31.8. The molecule has 0 aliphatic carbocycles. The van der Waals surface area contributed by atoms with Gasteiger partial charge in [-0.3, -0.25) is 9.59 Å². The van der Waals surface area contributed by atoms with Crippen molar-refractivity contribution in [1.29, 1.82) is 0 Å². The summed E-state index contributed by atoms with van der Waals surface area (Å²) in [4.78, 5) is 25.5. The summed E-state index contributed by atoms with van der Waals surface area (Å²) in [6.07, 6.45) is 48.3. The zero-order chi connectivity index (χ0) is 47.3. The summed E-state index contributed by atoms with van der Waals surface area (Å²) < 4.78 is 22.2. The van der Waals surface area contributed by atoms with Gasteiger partial charge in [0.05, 0.1) is 13.2 Å². The number of aliphatic hydroxyl groups is 4. The normalized spacial score (nSPS) is 19.6. The topological polar surface area (TPSA) is 152 Å². The predicted octanol–water partition coefficient (Wildman–Crippen LogP) is 12.8. The molecule has 10 heteroatoms. The van der Waals surface area contributed by atoms with E-state index in [4.69, 9.17) is 18.9 Å². The lowest BCUT2D eigenvalue weighted by Crippen LogP contribution is -2.59. The molecule has 0 aromatic heterocycles. The van der Waals surface area contributed by atoms with Crippen molar-refractivity contribution in [3.05, 3.63) is 48.6 Å². The maximum Gasteiger partial charge on any atom is 0.306 e. The van der Waals surface area contributed by atoms with Gasteiger partial charge in [0.1, 0.15) is 31.0 Å². The van der Waals surface area contributed by atoms with Crippen molar-refractivity contribution in [3.8, 4) is 0 Å². The Morgan fingerprint density at radius 1 is 0.477 bits per heavy atom. The summed E-state index contributed by atoms with van der Waals surface area (Å²) in [5.41, 5.74) is 0. The van der Waals surface area contributed by atoms with Gasteiger partial charge in [-0.05, 0) is 57.8 Å². The van der Waals surface area contributed by atoms with Gasteiger partial charge in [0.25, 0.3) is 0 Å². The van der Waals surface area contributed by atoms with Gasteiger partial charge in [0, 0.05) is 12.8 Å². The first-order valence-corrected chi connectivity index (χ1v) is 26.7. The molecule has 0 aromatic rings. The number of unbranched alkanes of at least 4 members (excludes halogenated alkanes) is 26. The predicted molar refractivity (Wildman–Crippen MR) is 265 cm³/mol. The van der Waals surface area contributed by atoms with Crippen LogP contribution in [0.25, 0.3) is 0 Å². The number of hydrogen-bond acceptors (Lipinski definition) is 10. The Balaban J connectivity index is 2.27. The molecule has 0 amide bonds. The van der Waals surface area contributed by atoms with E-state index in [-0.39, 0.29) is 26.1 Å². The SMILES string of the molecule is CCCCC/C=C/C/C=C/C/C=C/C/C=C/CCCCCC(=O)OC[C@H](CO[C@@H]1O[C@H](CO)[C@H](O)C(O)C1O)OC(=O)CCCCCCCCCCCCCCCCCCCCCCC. The van der Waals surface area contributed by atoms with Crippen molar-refractivity contribution in [2.75, 3.05) is 19.8 Å². The number of aliphatic hydroxyl groups excluding tert-OH is 4. The Labute approximate surface area is 397 Å². The van der Waals surface area contributed by atoms with Crippen LogP contribution in [-0.4, -0.2) is 89.0 Å². The highest BCUT2D eigenvalue weighted by Crippen LogP contribution is 2.23. The second-order valence-electron chi connectivity index (χ2n) is 18.3. The Morgan fingerprint density at radius 3 is 1.32 bits per heavy atom. The van der Waals surface area contributed by atoms with E-state index in [9.17, 15) is 30.0 Å². The third-order valence-electron chi connectivity index (χ3n) is 12.2. The van der Waals surface area contributed by atoms with Crippen LogP contribution in [0.4, 0.5) is 0 Å². The Morgan fingerprint density at radius 2 is 0.862 bits per heavy atom. The molecule has 1 heterocycles. The van der Waals surface area contributed by atoms with E-state index in [1.165, 1.54) is 135 Å². The van der Waals surface area contributed by atoms with E-state index in [1.54, 1.807) is 0 Å². The maximum atomic E-state index is 12.8. The highest BCUT2D eigenvalue weighted by Gasteiger charge is 2.44. The Bertz CT molecular complexity index is 1200. The van der Waals surface area contributed by atoms with E-state index < -0.39 is 55.4 Å². The van der Waals surface area contributed by atoms with Gasteiger partial charge >= 0.3 is 11.9 Å². The summed E-state index contributed by atoms with van der Waals surface area (Å²) in [5.74, 6) is -0.834. The molecule has 1 rings (SSSR count). The van der Waals surface area contributed by atoms with Crippen molar-refractivity contribution in [2.24, 2.45) is 0 Å². The molecule has 0 spiro atoms. The van der Waals surface area contributed by atoms with Crippen LogP contribution in [0.3, 0.4) is 0 Å². The lowest BCUT2D eigenvalue weighted by Gasteiger charge is -2.39. The minimum atomic E-state index is -1.60. The van der Waals surface area contributed by atoms with Crippen molar-refractivity contribution in [3.63, 3.8) is 0 Å². The molecule has 4 N–H and O–H groups in total. The number of ether oxygens (including phenoxy) is 4. The first kappa shape index (κ1) is 60.7. The number of allylic oxidation sites excluding steroid dienone is 8. The minimum absolute atomic E-state index is 0.225. The lowest BCUT2D eigenvalue weighted by molar-refractivity contribution is -0.305. The van der Waals surface area contributed by atoms with Crippen LogP contribution < -0.4 is 0 Å². The number of hydrogen-bond donors (Lipinski definition) is 4. The average molecular weight is 919 g/mol. The average Bonchev–Trinajstić information content (AvgIpc) is 3.30. The zero-order valence-corrected chi connectivity index (χ0v) is 41.5. The van der Waals surface area contributed by atoms with Crippen LogP contribution in [-0.2, 0) is 28.5 Å². The van der Waals surface area contributed by atoms with Crippen molar-refractivity contribution >= 4 is 11.9 Å². The van der Waals surface area contributed by atoms with E-state index >= 15 is 0 Å². The summed E-state index contributed by atoms with van der Waals surface area (Å²) in [6.45, 7) is 3.40. The lowest BCUT2D eigenvalue weighted by atomic mass is 9.99. The maximum absolute atomic E-state index is 12.8. The highest BCUT2D eigenvalue weighted by molar-refractivity contribution is 5.70. The molecule has 1 saturated heterocycles. The highest BCUT2D eigenvalue weighted by atomic mass is 16.7. The molecule has 2 unspecified atom stereocenters. The molecule has 1 aliphatic heterocycles.